The molecule has 0 aromatic heterocycles. The Balaban J connectivity index is 2.19. The molecule has 1 aromatic rings. The molecule has 1 aromatic carbocycles. The lowest BCUT2D eigenvalue weighted by Gasteiger charge is -2.07. The van der Waals surface area contributed by atoms with E-state index in [1.807, 2.05) is 0 Å². The van der Waals surface area contributed by atoms with Crippen LogP contribution >= 0.6 is 0 Å². The van der Waals surface area contributed by atoms with E-state index in [2.05, 4.69) is 5.32 Å². The van der Waals surface area contributed by atoms with Gasteiger partial charge in [0, 0.05) is 32.0 Å². The van der Waals surface area contributed by atoms with Crippen molar-refractivity contribution >= 4 is 11.6 Å². The van der Waals surface area contributed by atoms with Crippen LogP contribution in [0.5, 0.6) is 5.75 Å². The lowest BCUT2D eigenvalue weighted by Crippen LogP contribution is -2.30. The molecule has 0 saturated carbocycles. The first kappa shape index (κ1) is 13.3. The van der Waals surface area contributed by atoms with Gasteiger partial charge < -0.3 is 20.5 Å². The molecule has 0 aliphatic heterocycles. The Kier molecular flexibility index (Phi) is 5.88. The van der Waals surface area contributed by atoms with E-state index < -0.39 is 0 Å². The van der Waals surface area contributed by atoms with E-state index in [0.717, 1.165) is 6.42 Å². The molecule has 0 spiro atoms. The fourth-order valence-electron chi connectivity index (χ4n) is 1.25. The summed E-state index contributed by atoms with van der Waals surface area (Å²) >= 11 is 0. The quantitative estimate of drug-likeness (QED) is 0.544. The van der Waals surface area contributed by atoms with Gasteiger partial charge in [-0.05, 0) is 18.6 Å². The highest BCUT2D eigenvalue weighted by molar-refractivity contribution is 5.77. The topological polar surface area (TPSA) is 73.6 Å². The van der Waals surface area contributed by atoms with E-state index in [1.165, 1.54) is 0 Å². The van der Waals surface area contributed by atoms with Gasteiger partial charge in [0.1, 0.15) is 5.75 Å². The molecule has 0 unspecified atom stereocenters. The van der Waals surface area contributed by atoms with Crippen molar-refractivity contribution in [3.05, 3.63) is 24.3 Å². The first-order valence-corrected chi connectivity index (χ1v) is 5.46. The third-order valence-electron chi connectivity index (χ3n) is 2.08. The number of carbonyl (C=O) groups excluding carboxylic acids is 1. The summed E-state index contributed by atoms with van der Waals surface area (Å²) in [6.45, 7) is 1.22. The smallest absolute Gasteiger partial charge is 0.257 e. The third-order valence-corrected chi connectivity index (χ3v) is 2.08. The fraction of sp³-hybridized carbons (Fsp3) is 0.417. The van der Waals surface area contributed by atoms with E-state index in [-0.39, 0.29) is 12.5 Å². The first-order valence-electron chi connectivity index (χ1n) is 5.46. The molecule has 3 N–H and O–H groups in total. The maximum atomic E-state index is 11.4. The predicted octanol–water partition coefficient (Wildman–Crippen LogP) is 0.800. The van der Waals surface area contributed by atoms with Crippen molar-refractivity contribution in [1.82, 2.24) is 5.32 Å². The van der Waals surface area contributed by atoms with Gasteiger partial charge >= 0.3 is 0 Å². The van der Waals surface area contributed by atoms with Crippen LogP contribution in [0.1, 0.15) is 6.42 Å². The van der Waals surface area contributed by atoms with Gasteiger partial charge in [0.15, 0.2) is 6.61 Å². The van der Waals surface area contributed by atoms with Crippen LogP contribution in [0.15, 0.2) is 24.3 Å². The first-order chi connectivity index (χ1) is 8.22. The molecule has 0 bridgehead atoms. The normalized spacial score (nSPS) is 9.94. The van der Waals surface area contributed by atoms with Crippen molar-refractivity contribution < 1.29 is 14.3 Å². The third kappa shape index (κ3) is 5.77. The van der Waals surface area contributed by atoms with Crippen LogP contribution in [0, 0.1) is 0 Å². The SMILES string of the molecule is COCCCNC(=O)COc1cccc(N)c1. The Morgan fingerprint density at radius 1 is 1.47 bits per heavy atom. The second kappa shape index (κ2) is 7.51. The number of rotatable bonds is 7. The second-order valence-electron chi connectivity index (χ2n) is 3.56. The number of carbonyl (C=O) groups is 1. The molecule has 94 valence electrons. The monoisotopic (exact) mass is 238 g/mol. The number of hydrogen-bond donors (Lipinski definition) is 2. The van der Waals surface area contributed by atoms with Crippen molar-refractivity contribution in [3.8, 4) is 5.75 Å². The summed E-state index contributed by atoms with van der Waals surface area (Å²) in [4.78, 5) is 11.4. The highest BCUT2D eigenvalue weighted by atomic mass is 16.5. The Bertz CT molecular complexity index is 355. The minimum absolute atomic E-state index is 0.00354. The Morgan fingerprint density at radius 3 is 3.00 bits per heavy atom. The Hall–Kier alpha value is -1.75. The maximum absolute atomic E-state index is 11.4. The molecular formula is C12H18N2O3. The molecule has 0 heterocycles. The zero-order valence-corrected chi connectivity index (χ0v) is 9.94. The lowest BCUT2D eigenvalue weighted by atomic mass is 10.3. The Labute approximate surface area is 101 Å². The van der Waals surface area contributed by atoms with E-state index in [4.69, 9.17) is 15.2 Å². The van der Waals surface area contributed by atoms with Gasteiger partial charge in [0.05, 0.1) is 0 Å². The largest absolute Gasteiger partial charge is 0.484 e. The van der Waals surface area contributed by atoms with Crippen molar-refractivity contribution in [1.29, 1.82) is 0 Å². The van der Waals surface area contributed by atoms with Crippen LogP contribution < -0.4 is 15.8 Å². The molecule has 0 radical (unpaired) electrons. The number of nitrogens with two attached hydrogens (primary N) is 1. The number of methoxy groups -OCH3 is 1. The van der Waals surface area contributed by atoms with E-state index in [0.29, 0.717) is 24.6 Å². The molecule has 0 aliphatic rings. The van der Waals surface area contributed by atoms with Gasteiger partial charge in [-0.3, -0.25) is 4.79 Å². The molecule has 0 atom stereocenters. The summed E-state index contributed by atoms with van der Waals surface area (Å²) in [7, 11) is 1.63. The molecular weight excluding hydrogens is 220 g/mol. The molecule has 0 aliphatic carbocycles. The van der Waals surface area contributed by atoms with Crippen LogP contribution in [-0.2, 0) is 9.53 Å². The summed E-state index contributed by atoms with van der Waals surface area (Å²) in [6, 6.07) is 6.98. The number of hydrogen-bond acceptors (Lipinski definition) is 4. The summed E-state index contributed by atoms with van der Waals surface area (Å²) < 4.78 is 10.2. The maximum Gasteiger partial charge on any atom is 0.257 e. The van der Waals surface area contributed by atoms with Crippen LogP contribution in [-0.4, -0.2) is 32.8 Å². The second-order valence-corrected chi connectivity index (χ2v) is 3.56. The zero-order chi connectivity index (χ0) is 12.5. The zero-order valence-electron chi connectivity index (χ0n) is 9.94. The molecule has 1 amide bonds. The standard InChI is InChI=1S/C12H18N2O3/c1-16-7-3-6-14-12(15)9-17-11-5-2-4-10(13)8-11/h2,4-5,8H,3,6-7,9,13H2,1H3,(H,14,15). The van der Waals surface area contributed by atoms with Gasteiger partial charge in [-0.15, -0.1) is 0 Å². The van der Waals surface area contributed by atoms with E-state index in [9.17, 15) is 4.79 Å². The van der Waals surface area contributed by atoms with Crippen LogP contribution in [0.25, 0.3) is 0 Å². The van der Waals surface area contributed by atoms with Gasteiger partial charge in [-0.2, -0.15) is 0 Å². The number of ether oxygens (including phenoxy) is 2. The summed E-state index contributed by atoms with van der Waals surface area (Å²) in [5.74, 6) is 0.445. The number of amides is 1. The predicted molar refractivity (Wildman–Crippen MR) is 65.9 cm³/mol. The van der Waals surface area contributed by atoms with Gasteiger partial charge in [0.2, 0.25) is 0 Å². The number of nitrogen functional groups attached to an aromatic ring is 1. The Morgan fingerprint density at radius 2 is 2.29 bits per heavy atom. The van der Waals surface area contributed by atoms with Crippen LogP contribution in [0.3, 0.4) is 0 Å². The summed E-state index contributed by atoms with van der Waals surface area (Å²) in [5, 5.41) is 2.73. The van der Waals surface area contributed by atoms with Gasteiger partial charge in [0.25, 0.3) is 5.91 Å². The number of benzene rings is 1. The van der Waals surface area contributed by atoms with E-state index in [1.54, 1.807) is 31.4 Å². The molecule has 1 rings (SSSR count). The highest BCUT2D eigenvalue weighted by Crippen LogP contribution is 2.13. The summed E-state index contributed by atoms with van der Waals surface area (Å²) in [6.07, 6.45) is 0.792. The van der Waals surface area contributed by atoms with Gasteiger partial charge in [-0.25, -0.2) is 0 Å². The molecule has 0 fully saturated rings. The van der Waals surface area contributed by atoms with Crippen molar-refractivity contribution in [2.24, 2.45) is 0 Å². The molecule has 5 nitrogen and oxygen atoms in total. The average Bonchev–Trinajstić information content (AvgIpc) is 2.32. The minimum atomic E-state index is -0.150. The van der Waals surface area contributed by atoms with Crippen molar-refractivity contribution in [2.45, 2.75) is 6.42 Å². The van der Waals surface area contributed by atoms with Crippen molar-refractivity contribution in [2.75, 3.05) is 32.6 Å². The summed E-state index contributed by atoms with van der Waals surface area (Å²) in [5.41, 5.74) is 6.20. The minimum Gasteiger partial charge on any atom is -0.484 e. The van der Waals surface area contributed by atoms with Crippen LogP contribution in [0.4, 0.5) is 5.69 Å². The average molecular weight is 238 g/mol. The molecule has 17 heavy (non-hydrogen) atoms. The molecule has 0 saturated heterocycles. The molecule has 5 heteroatoms. The van der Waals surface area contributed by atoms with Gasteiger partial charge in [-0.1, -0.05) is 6.07 Å². The number of nitrogens with one attached hydrogen (secondary N) is 1. The lowest BCUT2D eigenvalue weighted by molar-refractivity contribution is -0.123. The van der Waals surface area contributed by atoms with Crippen LogP contribution in [0.2, 0.25) is 0 Å². The highest BCUT2D eigenvalue weighted by Gasteiger charge is 2.01. The van der Waals surface area contributed by atoms with E-state index >= 15 is 0 Å². The fourth-order valence-corrected chi connectivity index (χ4v) is 1.25. The van der Waals surface area contributed by atoms with Crippen molar-refractivity contribution in [3.63, 3.8) is 0 Å². The number of anilines is 1.